The predicted molar refractivity (Wildman–Crippen MR) is 103 cm³/mol. The van der Waals surface area contributed by atoms with Crippen LogP contribution in [0.4, 0.5) is 10.5 Å². The number of allylic oxidation sites excluding steroid dienone is 1. The number of carbonyl (C=O) groups is 1. The van der Waals surface area contributed by atoms with E-state index in [0.717, 1.165) is 44.5 Å². The van der Waals surface area contributed by atoms with Gasteiger partial charge in [0.1, 0.15) is 0 Å². The van der Waals surface area contributed by atoms with Crippen LogP contribution >= 0.6 is 0 Å². The summed E-state index contributed by atoms with van der Waals surface area (Å²) in [6, 6.07) is 3.77. The van der Waals surface area contributed by atoms with Crippen molar-refractivity contribution in [2.24, 2.45) is 11.7 Å². The van der Waals surface area contributed by atoms with Crippen LogP contribution in [-0.4, -0.2) is 35.0 Å². The zero-order valence-electron chi connectivity index (χ0n) is 15.4. The first-order chi connectivity index (χ1) is 12.2. The van der Waals surface area contributed by atoms with E-state index in [1.165, 1.54) is 19.3 Å². The minimum Gasteiger partial charge on any atom is -0.327 e. The van der Waals surface area contributed by atoms with E-state index in [-0.39, 0.29) is 12.1 Å². The summed E-state index contributed by atoms with van der Waals surface area (Å²) in [6.45, 7) is 3.77. The fourth-order valence-electron chi connectivity index (χ4n) is 3.24. The third-order valence-corrected chi connectivity index (χ3v) is 4.91. The number of nitrogens with two attached hydrogens (primary N) is 1. The van der Waals surface area contributed by atoms with Crippen molar-refractivity contribution in [2.45, 2.75) is 57.9 Å². The van der Waals surface area contributed by atoms with Gasteiger partial charge in [0.05, 0.1) is 0 Å². The van der Waals surface area contributed by atoms with E-state index in [0.29, 0.717) is 5.92 Å². The molecule has 0 bridgehead atoms. The van der Waals surface area contributed by atoms with Crippen molar-refractivity contribution >= 4 is 11.7 Å². The molecule has 2 heterocycles. The first-order valence-electron chi connectivity index (χ1n) is 9.57. The normalized spacial score (nSPS) is 17.0. The van der Waals surface area contributed by atoms with Gasteiger partial charge in [-0.15, -0.1) is 0 Å². The fraction of sp³-hybridized carbons (Fsp3) is 0.600. The third-order valence-electron chi connectivity index (χ3n) is 4.91. The van der Waals surface area contributed by atoms with Gasteiger partial charge in [0.25, 0.3) is 0 Å². The number of piperidine rings is 1. The number of anilines is 1. The molecule has 25 heavy (non-hydrogen) atoms. The molecule has 1 atom stereocenters. The van der Waals surface area contributed by atoms with Crippen LogP contribution in [0.2, 0.25) is 0 Å². The number of amides is 2. The highest BCUT2D eigenvalue weighted by atomic mass is 16.2. The second-order valence-corrected chi connectivity index (χ2v) is 6.86. The van der Waals surface area contributed by atoms with Gasteiger partial charge in [-0.25, -0.2) is 4.79 Å². The van der Waals surface area contributed by atoms with Gasteiger partial charge >= 0.3 is 6.03 Å². The number of rotatable bonds is 8. The molecule has 5 heteroatoms. The van der Waals surface area contributed by atoms with E-state index < -0.39 is 0 Å². The van der Waals surface area contributed by atoms with Crippen LogP contribution in [0.1, 0.15) is 51.9 Å². The number of urea groups is 1. The molecule has 1 aromatic rings. The monoisotopic (exact) mass is 344 g/mol. The third kappa shape index (κ3) is 6.86. The molecule has 1 saturated heterocycles. The largest absolute Gasteiger partial charge is 0.327 e. The molecule has 1 aliphatic rings. The molecule has 0 spiro atoms. The lowest BCUT2D eigenvalue weighted by atomic mass is 9.88. The highest BCUT2D eigenvalue weighted by Gasteiger charge is 2.26. The maximum Gasteiger partial charge on any atom is 0.321 e. The molecule has 1 fully saturated rings. The maximum absolute atomic E-state index is 12.3. The number of likely N-dealkylation sites (tertiary alicyclic amines) is 1. The van der Waals surface area contributed by atoms with Gasteiger partial charge < -0.3 is 16.0 Å². The molecule has 2 amide bonds. The van der Waals surface area contributed by atoms with Crippen LogP contribution in [0.25, 0.3) is 0 Å². The zero-order chi connectivity index (χ0) is 17.9. The molecule has 0 unspecified atom stereocenters. The highest BCUT2D eigenvalue weighted by molar-refractivity contribution is 5.89. The first kappa shape index (κ1) is 19.4. The molecule has 138 valence electrons. The smallest absolute Gasteiger partial charge is 0.321 e. The molecule has 0 aliphatic carbocycles. The Morgan fingerprint density at radius 1 is 1.32 bits per heavy atom. The molecular formula is C20H32N4O. The van der Waals surface area contributed by atoms with Crippen molar-refractivity contribution in [3.8, 4) is 0 Å². The Labute approximate surface area is 151 Å². The summed E-state index contributed by atoms with van der Waals surface area (Å²) in [6.07, 6.45) is 15.8. The van der Waals surface area contributed by atoms with E-state index in [9.17, 15) is 4.79 Å². The second-order valence-electron chi connectivity index (χ2n) is 6.86. The summed E-state index contributed by atoms with van der Waals surface area (Å²) >= 11 is 0. The van der Waals surface area contributed by atoms with Crippen molar-refractivity contribution in [2.75, 3.05) is 18.4 Å². The molecule has 0 aromatic carbocycles. The van der Waals surface area contributed by atoms with Gasteiger partial charge in [-0.1, -0.05) is 31.9 Å². The van der Waals surface area contributed by atoms with E-state index in [2.05, 4.69) is 29.4 Å². The Morgan fingerprint density at radius 2 is 2.04 bits per heavy atom. The second kappa shape index (κ2) is 10.9. The zero-order valence-corrected chi connectivity index (χ0v) is 15.4. The van der Waals surface area contributed by atoms with Gasteiger partial charge in [-0.3, -0.25) is 4.98 Å². The van der Waals surface area contributed by atoms with Gasteiger partial charge in [0.15, 0.2) is 0 Å². The van der Waals surface area contributed by atoms with E-state index in [1.807, 2.05) is 4.90 Å². The fourth-order valence-corrected chi connectivity index (χ4v) is 3.24. The number of hydrogen-bond donors (Lipinski definition) is 2. The lowest BCUT2D eigenvalue weighted by Crippen LogP contribution is -2.44. The average Bonchev–Trinajstić information content (AvgIpc) is 2.65. The maximum atomic E-state index is 12.3. The molecule has 1 aliphatic heterocycles. The number of pyridine rings is 1. The topological polar surface area (TPSA) is 71.2 Å². The quantitative estimate of drug-likeness (QED) is 0.549. The Morgan fingerprint density at radius 3 is 2.72 bits per heavy atom. The van der Waals surface area contributed by atoms with Crippen molar-refractivity contribution in [1.29, 1.82) is 0 Å². The summed E-state index contributed by atoms with van der Waals surface area (Å²) in [5.74, 6) is 0.505. The summed E-state index contributed by atoms with van der Waals surface area (Å²) < 4.78 is 0. The van der Waals surface area contributed by atoms with Gasteiger partial charge in [0.2, 0.25) is 0 Å². The Balaban J connectivity index is 1.67. The van der Waals surface area contributed by atoms with Crippen molar-refractivity contribution in [1.82, 2.24) is 9.88 Å². The van der Waals surface area contributed by atoms with E-state index in [4.69, 9.17) is 5.73 Å². The standard InChI is InChI=1S/C20H32N4O/c1-2-3-4-5-6-7-8-19(21)17-11-15-24(16-12-17)20(25)23-18-9-13-22-14-10-18/h6-7,9-10,13-14,17,19H,2-5,8,11-12,15-16,21H2,1H3,(H,22,23,25)/t19-/m1/s1. The Bertz CT molecular complexity index is 524. The summed E-state index contributed by atoms with van der Waals surface area (Å²) in [5.41, 5.74) is 7.14. The molecule has 1 aromatic heterocycles. The number of aromatic nitrogens is 1. The predicted octanol–water partition coefficient (Wildman–Crippen LogP) is 4.18. The number of unbranched alkanes of at least 4 members (excludes halogenated alkanes) is 3. The van der Waals surface area contributed by atoms with Crippen LogP contribution in [0.15, 0.2) is 36.7 Å². The highest BCUT2D eigenvalue weighted by Crippen LogP contribution is 2.22. The van der Waals surface area contributed by atoms with Crippen molar-refractivity contribution in [3.05, 3.63) is 36.7 Å². The molecule has 3 N–H and O–H groups in total. The number of hydrogen-bond acceptors (Lipinski definition) is 3. The SMILES string of the molecule is CCCCCC=CC[C@@H](N)C1CCN(C(=O)Nc2ccncc2)CC1. The summed E-state index contributed by atoms with van der Waals surface area (Å²) in [5, 5.41) is 2.92. The van der Waals surface area contributed by atoms with Gasteiger partial charge in [-0.2, -0.15) is 0 Å². The minimum atomic E-state index is -0.0333. The van der Waals surface area contributed by atoms with Crippen LogP contribution < -0.4 is 11.1 Å². The molecule has 2 rings (SSSR count). The van der Waals surface area contributed by atoms with E-state index in [1.54, 1.807) is 24.5 Å². The van der Waals surface area contributed by atoms with Gasteiger partial charge in [-0.05, 0) is 50.2 Å². The Hall–Kier alpha value is -1.88. The number of carbonyl (C=O) groups excluding carboxylic acids is 1. The number of nitrogens with one attached hydrogen (secondary N) is 1. The summed E-state index contributed by atoms with van der Waals surface area (Å²) in [7, 11) is 0. The van der Waals surface area contributed by atoms with Crippen molar-refractivity contribution in [3.63, 3.8) is 0 Å². The van der Waals surface area contributed by atoms with Crippen LogP contribution in [0.5, 0.6) is 0 Å². The average molecular weight is 345 g/mol. The lowest BCUT2D eigenvalue weighted by Gasteiger charge is -2.34. The summed E-state index contributed by atoms with van der Waals surface area (Å²) in [4.78, 5) is 18.1. The molecule has 0 radical (unpaired) electrons. The molecular weight excluding hydrogens is 312 g/mol. The molecule has 5 nitrogen and oxygen atoms in total. The first-order valence-corrected chi connectivity index (χ1v) is 9.57. The van der Waals surface area contributed by atoms with Crippen molar-refractivity contribution < 1.29 is 4.79 Å². The number of nitrogens with zero attached hydrogens (tertiary/aromatic N) is 2. The van der Waals surface area contributed by atoms with Crippen LogP contribution in [-0.2, 0) is 0 Å². The minimum absolute atomic E-state index is 0.0333. The van der Waals surface area contributed by atoms with Crippen LogP contribution in [0.3, 0.4) is 0 Å². The lowest BCUT2D eigenvalue weighted by molar-refractivity contribution is 0.174. The van der Waals surface area contributed by atoms with Gasteiger partial charge in [0, 0.05) is 37.2 Å². The Kier molecular flexibility index (Phi) is 8.46. The van der Waals surface area contributed by atoms with E-state index >= 15 is 0 Å². The molecule has 0 saturated carbocycles. The van der Waals surface area contributed by atoms with Crippen LogP contribution in [0, 0.1) is 5.92 Å².